The normalized spacial score (nSPS) is 20.7. The molecule has 0 saturated carbocycles. The van der Waals surface area contributed by atoms with Crippen LogP contribution in [0.25, 0.3) is 0 Å². The molecule has 1 atom stereocenters. The largest absolute Gasteiger partial charge is 0.298 e. The molecule has 0 bridgehead atoms. The zero-order valence-corrected chi connectivity index (χ0v) is 16.5. The van der Waals surface area contributed by atoms with Crippen LogP contribution >= 0.6 is 0 Å². The maximum absolute atomic E-state index is 2.85. The Bertz CT molecular complexity index is 284. The van der Waals surface area contributed by atoms with E-state index in [0.29, 0.717) is 11.0 Å². The summed E-state index contributed by atoms with van der Waals surface area (Å²) in [6, 6.07) is 0. The lowest BCUT2D eigenvalue weighted by Crippen LogP contribution is -2.45. The molecule has 22 heavy (non-hydrogen) atoms. The molecular weight excluding hydrogens is 266 g/mol. The van der Waals surface area contributed by atoms with E-state index in [2.05, 4.69) is 46.4 Å². The molecule has 0 amide bonds. The van der Waals surface area contributed by atoms with Gasteiger partial charge >= 0.3 is 0 Å². The molecule has 0 aliphatic carbocycles. The third kappa shape index (κ3) is 5.55. The first kappa shape index (κ1) is 20.0. The molecule has 1 aliphatic heterocycles. The second-order valence-corrected chi connectivity index (χ2v) is 8.61. The molecule has 1 fully saturated rings. The molecule has 1 unspecified atom stereocenters. The van der Waals surface area contributed by atoms with Gasteiger partial charge in [0.1, 0.15) is 0 Å². The molecule has 1 saturated heterocycles. The molecule has 0 N–H and O–H groups in total. The first-order valence-electron chi connectivity index (χ1n) is 10.2. The van der Waals surface area contributed by atoms with E-state index in [4.69, 9.17) is 0 Å². The quantitative estimate of drug-likeness (QED) is 0.412. The Morgan fingerprint density at radius 3 is 1.77 bits per heavy atom. The van der Waals surface area contributed by atoms with E-state index in [9.17, 15) is 0 Å². The summed E-state index contributed by atoms with van der Waals surface area (Å²) < 4.78 is 0. The predicted molar refractivity (Wildman–Crippen MR) is 100 cm³/mol. The fraction of sp³-hybridized carbons (Fsp3) is 1.00. The van der Waals surface area contributed by atoms with Crippen LogP contribution in [0.3, 0.4) is 0 Å². The molecule has 1 heterocycles. The summed E-state index contributed by atoms with van der Waals surface area (Å²) in [5.74, 6) is 0.941. The van der Waals surface area contributed by atoms with Gasteiger partial charge in [-0.1, -0.05) is 60.3 Å². The Morgan fingerprint density at radius 1 is 0.818 bits per heavy atom. The lowest BCUT2D eigenvalue weighted by Gasteiger charge is -2.40. The minimum atomic E-state index is 0.462. The first-order chi connectivity index (χ1) is 10.4. The highest BCUT2D eigenvalue weighted by Gasteiger charge is 2.37. The van der Waals surface area contributed by atoms with Crippen LogP contribution < -0.4 is 0 Å². The molecule has 0 radical (unpaired) electrons. The number of nitrogens with zero attached hydrogens (tertiary/aromatic N) is 1. The number of likely N-dealkylation sites (tertiary alicyclic amines) is 1. The molecule has 0 aromatic carbocycles. The zero-order valence-electron chi connectivity index (χ0n) is 16.5. The van der Waals surface area contributed by atoms with Crippen LogP contribution in [0.2, 0.25) is 0 Å². The lowest BCUT2D eigenvalue weighted by atomic mass is 9.74. The molecule has 1 aliphatic rings. The van der Waals surface area contributed by atoms with E-state index in [-0.39, 0.29) is 0 Å². The first-order valence-corrected chi connectivity index (χ1v) is 10.2. The average molecular weight is 310 g/mol. The van der Waals surface area contributed by atoms with E-state index in [0.717, 1.165) is 5.92 Å². The van der Waals surface area contributed by atoms with Gasteiger partial charge in [0.25, 0.3) is 0 Å². The minimum absolute atomic E-state index is 0.462. The summed E-state index contributed by atoms with van der Waals surface area (Å²) in [6.07, 6.45) is 13.8. The topological polar surface area (TPSA) is 3.24 Å². The van der Waals surface area contributed by atoms with Crippen molar-refractivity contribution in [1.29, 1.82) is 0 Å². The van der Waals surface area contributed by atoms with Crippen LogP contribution in [0.5, 0.6) is 0 Å². The van der Waals surface area contributed by atoms with Crippen molar-refractivity contribution in [3.05, 3.63) is 0 Å². The van der Waals surface area contributed by atoms with Gasteiger partial charge in [-0.05, 0) is 63.3 Å². The Morgan fingerprint density at radius 2 is 1.32 bits per heavy atom. The van der Waals surface area contributed by atoms with Gasteiger partial charge in [0.2, 0.25) is 0 Å². The van der Waals surface area contributed by atoms with Gasteiger partial charge in [0, 0.05) is 12.1 Å². The number of hydrogen-bond acceptors (Lipinski definition) is 1. The average Bonchev–Trinajstić information content (AvgIpc) is 2.88. The predicted octanol–water partition coefficient (Wildman–Crippen LogP) is 6.66. The van der Waals surface area contributed by atoms with E-state index < -0.39 is 0 Å². The van der Waals surface area contributed by atoms with Crippen molar-refractivity contribution >= 4 is 0 Å². The maximum Gasteiger partial charge on any atom is 0.0181 e. The van der Waals surface area contributed by atoms with Gasteiger partial charge in [-0.3, -0.25) is 4.90 Å². The highest BCUT2D eigenvalue weighted by Crippen LogP contribution is 2.41. The van der Waals surface area contributed by atoms with Gasteiger partial charge in [0.05, 0.1) is 0 Å². The van der Waals surface area contributed by atoms with E-state index in [1.54, 1.807) is 0 Å². The Hall–Kier alpha value is -0.0400. The summed E-state index contributed by atoms with van der Waals surface area (Å²) in [6.45, 7) is 17.2. The molecule has 0 aromatic rings. The molecule has 1 heteroatoms. The third-order valence-corrected chi connectivity index (χ3v) is 6.12. The van der Waals surface area contributed by atoms with Gasteiger partial charge in [-0.2, -0.15) is 0 Å². The van der Waals surface area contributed by atoms with Crippen LogP contribution in [0.15, 0.2) is 0 Å². The van der Waals surface area contributed by atoms with Gasteiger partial charge in [0.15, 0.2) is 0 Å². The number of hydrogen-bond donors (Lipinski definition) is 0. The monoisotopic (exact) mass is 309 g/mol. The minimum Gasteiger partial charge on any atom is -0.298 e. The van der Waals surface area contributed by atoms with Gasteiger partial charge in [-0.15, -0.1) is 0 Å². The summed E-state index contributed by atoms with van der Waals surface area (Å²) in [5.41, 5.74) is 1.06. The molecule has 1 nitrogen and oxygen atoms in total. The van der Waals surface area contributed by atoms with Crippen LogP contribution in [0.4, 0.5) is 0 Å². The standard InChI is InChI=1S/C21H43N/c1-7-12-20(5,13-8-2)17-19-11-16-22(18-19)21(6,14-9-3)15-10-4/h19H,7-18H2,1-6H3. The maximum atomic E-state index is 2.85. The Balaban J connectivity index is 2.63. The highest BCUT2D eigenvalue weighted by atomic mass is 15.2. The fourth-order valence-corrected chi connectivity index (χ4v) is 5.24. The summed E-state index contributed by atoms with van der Waals surface area (Å²) >= 11 is 0. The molecule has 132 valence electrons. The van der Waals surface area contributed by atoms with Crippen molar-refractivity contribution in [3.63, 3.8) is 0 Å². The van der Waals surface area contributed by atoms with E-state index >= 15 is 0 Å². The fourth-order valence-electron chi connectivity index (χ4n) is 5.24. The van der Waals surface area contributed by atoms with Crippen molar-refractivity contribution in [2.45, 2.75) is 111 Å². The van der Waals surface area contributed by atoms with Crippen molar-refractivity contribution in [2.75, 3.05) is 13.1 Å². The van der Waals surface area contributed by atoms with E-state index in [1.807, 2.05) is 0 Å². The van der Waals surface area contributed by atoms with E-state index in [1.165, 1.54) is 77.3 Å². The molecule has 0 spiro atoms. The van der Waals surface area contributed by atoms with Crippen LogP contribution in [-0.4, -0.2) is 23.5 Å². The highest BCUT2D eigenvalue weighted by molar-refractivity contribution is 4.92. The second-order valence-electron chi connectivity index (χ2n) is 8.61. The van der Waals surface area contributed by atoms with Crippen molar-refractivity contribution in [3.8, 4) is 0 Å². The summed E-state index contributed by atoms with van der Waals surface area (Å²) in [4.78, 5) is 2.85. The molecule has 1 rings (SSSR count). The van der Waals surface area contributed by atoms with Crippen molar-refractivity contribution in [2.24, 2.45) is 11.3 Å². The number of rotatable bonds is 11. The van der Waals surface area contributed by atoms with Crippen molar-refractivity contribution < 1.29 is 0 Å². The second kappa shape index (κ2) is 9.30. The molecule has 0 aromatic heterocycles. The van der Waals surface area contributed by atoms with Crippen LogP contribution in [0, 0.1) is 11.3 Å². The Kier molecular flexibility index (Phi) is 8.46. The summed E-state index contributed by atoms with van der Waals surface area (Å²) in [7, 11) is 0. The summed E-state index contributed by atoms with van der Waals surface area (Å²) in [5, 5.41) is 0. The third-order valence-electron chi connectivity index (χ3n) is 6.12. The van der Waals surface area contributed by atoms with Gasteiger partial charge < -0.3 is 0 Å². The van der Waals surface area contributed by atoms with Crippen LogP contribution in [0.1, 0.15) is 106 Å². The Labute approximate surface area is 141 Å². The smallest absolute Gasteiger partial charge is 0.0181 e. The van der Waals surface area contributed by atoms with Crippen molar-refractivity contribution in [1.82, 2.24) is 4.90 Å². The van der Waals surface area contributed by atoms with Gasteiger partial charge in [-0.25, -0.2) is 0 Å². The molecular formula is C21H43N. The zero-order chi connectivity index (χ0) is 16.6. The SMILES string of the molecule is CCCC(C)(CCC)CC1CCN(C(C)(CCC)CCC)C1. The lowest BCUT2D eigenvalue weighted by molar-refractivity contribution is 0.101. The van der Waals surface area contributed by atoms with Crippen LogP contribution in [-0.2, 0) is 0 Å².